The molecule has 0 amide bonds. The van der Waals surface area contributed by atoms with E-state index in [0.29, 0.717) is 24.0 Å². The van der Waals surface area contributed by atoms with Crippen LogP contribution in [0.5, 0.6) is 0 Å². The molecule has 0 bridgehead atoms. The van der Waals surface area contributed by atoms with Gasteiger partial charge in [0.15, 0.2) is 0 Å². The van der Waals surface area contributed by atoms with Crippen LogP contribution in [0.1, 0.15) is 31.2 Å². The van der Waals surface area contributed by atoms with Crippen molar-refractivity contribution in [1.82, 2.24) is 15.1 Å². The first-order chi connectivity index (χ1) is 9.46. The SMILES string of the molecule is CCNC(Cn1nc(C)c(Cl)c1C)(C(=O)OC)C1CC1. The summed E-state index contributed by atoms with van der Waals surface area (Å²) in [6, 6.07) is 0. The van der Waals surface area contributed by atoms with Gasteiger partial charge >= 0.3 is 5.97 Å². The van der Waals surface area contributed by atoms with E-state index in [2.05, 4.69) is 10.4 Å². The maximum Gasteiger partial charge on any atom is 0.328 e. The van der Waals surface area contributed by atoms with Gasteiger partial charge in [0.2, 0.25) is 0 Å². The Hall–Kier alpha value is -1.07. The highest BCUT2D eigenvalue weighted by molar-refractivity contribution is 6.31. The highest BCUT2D eigenvalue weighted by Crippen LogP contribution is 2.41. The van der Waals surface area contributed by atoms with Crippen molar-refractivity contribution in [2.24, 2.45) is 5.92 Å². The van der Waals surface area contributed by atoms with Crippen LogP contribution >= 0.6 is 11.6 Å². The van der Waals surface area contributed by atoms with E-state index >= 15 is 0 Å². The van der Waals surface area contributed by atoms with E-state index < -0.39 is 5.54 Å². The molecule has 1 unspecified atom stereocenters. The van der Waals surface area contributed by atoms with Crippen LogP contribution in [0.15, 0.2) is 0 Å². The van der Waals surface area contributed by atoms with Crippen molar-refractivity contribution in [2.75, 3.05) is 13.7 Å². The van der Waals surface area contributed by atoms with E-state index in [-0.39, 0.29) is 5.97 Å². The van der Waals surface area contributed by atoms with Gasteiger partial charge in [0.05, 0.1) is 30.1 Å². The van der Waals surface area contributed by atoms with E-state index in [1.807, 2.05) is 25.5 Å². The molecule has 0 radical (unpaired) electrons. The molecular weight excluding hydrogens is 278 g/mol. The summed E-state index contributed by atoms with van der Waals surface area (Å²) in [6.45, 7) is 6.95. The third-order valence-electron chi connectivity index (χ3n) is 4.01. The monoisotopic (exact) mass is 299 g/mol. The summed E-state index contributed by atoms with van der Waals surface area (Å²) in [5.41, 5.74) is 0.974. The lowest BCUT2D eigenvalue weighted by molar-refractivity contribution is -0.150. The number of aryl methyl sites for hydroxylation is 1. The van der Waals surface area contributed by atoms with Crippen molar-refractivity contribution >= 4 is 17.6 Å². The number of esters is 1. The molecule has 1 N–H and O–H groups in total. The number of halogens is 1. The number of hydrogen-bond donors (Lipinski definition) is 1. The topological polar surface area (TPSA) is 56.2 Å². The molecule has 1 aliphatic carbocycles. The predicted octanol–water partition coefficient (Wildman–Crippen LogP) is 2.08. The minimum absolute atomic E-state index is 0.217. The first-order valence-electron chi connectivity index (χ1n) is 6.99. The highest BCUT2D eigenvalue weighted by Gasteiger charge is 2.52. The first kappa shape index (κ1) is 15.3. The molecule has 0 aliphatic heterocycles. The fourth-order valence-corrected chi connectivity index (χ4v) is 2.91. The van der Waals surface area contributed by atoms with E-state index in [9.17, 15) is 4.79 Å². The van der Waals surface area contributed by atoms with Gasteiger partial charge in [0, 0.05) is 0 Å². The summed E-state index contributed by atoms with van der Waals surface area (Å²) in [4.78, 5) is 12.4. The molecular formula is C14H22ClN3O2. The van der Waals surface area contributed by atoms with Crippen LogP contribution in [0.3, 0.4) is 0 Å². The van der Waals surface area contributed by atoms with Crippen molar-refractivity contribution in [3.05, 3.63) is 16.4 Å². The second kappa shape index (κ2) is 5.74. The molecule has 20 heavy (non-hydrogen) atoms. The molecule has 1 atom stereocenters. The summed E-state index contributed by atoms with van der Waals surface area (Å²) in [5, 5.41) is 8.44. The Labute approximate surface area is 124 Å². The van der Waals surface area contributed by atoms with E-state index in [4.69, 9.17) is 16.3 Å². The molecule has 6 heteroatoms. The molecule has 1 aromatic rings. The number of carbonyl (C=O) groups is 1. The van der Waals surface area contributed by atoms with Crippen LogP contribution in [0.2, 0.25) is 5.02 Å². The normalized spacial score (nSPS) is 17.9. The molecule has 0 spiro atoms. The Kier molecular flexibility index (Phi) is 4.39. The van der Waals surface area contributed by atoms with Crippen LogP contribution in [0.25, 0.3) is 0 Å². The molecule has 1 fully saturated rings. The van der Waals surface area contributed by atoms with Gasteiger partial charge in [-0.1, -0.05) is 18.5 Å². The number of rotatable bonds is 6. The Morgan fingerprint density at radius 1 is 1.55 bits per heavy atom. The van der Waals surface area contributed by atoms with Gasteiger partial charge in [-0.25, -0.2) is 4.79 Å². The van der Waals surface area contributed by atoms with Crippen molar-refractivity contribution in [2.45, 2.75) is 45.7 Å². The zero-order valence-electron chi connectivity index (χ0n) is 12.5. The number of methoxy groups -OCH3 is 1. The minimum Gasteiger partial charge on any atom is -0.468 e. The van der Waals surface area contributed by atoms with Gasteiger partial charge in [-0.3, -0.25) is 4.68 Å². The highest BCUT2D eigenvalue weighted by atomic mass is 35.5. The third-order valence-corrected chi connectivity index (χ3v) is 4.56. The lowest BCUT2D eigenvalue weighted by atomic mass is 9.92. The van der Waals surface area contributed by atoms with Crippen LogP contribution in [-0.2, 0) is 16.1 Å². The quantitative estimate of drug-likeness (QED) is 0.817. The summed E-state index contributed by atoms with van der Waals surface area (Å²) >= 11 is 6.19. The van der Waals surface area contributed by atoms with E-state index in [1.165, 1.54) is 7.11 Å². The predicted molar refractivity (Wildman–Crippen MR) is 77.9 cm³/mol. The zero-order valence-corrected chi connectivity index (χ0v) is 13.3. The maximum atomic E-state index is 12.4. The molecule has 0 saturated heterocycles. The lowest BCUT2D eigenvalue weighted by Crippen LogP contribution is -2.57. The maximum absolute atomic E-state index is 12.4. The van der Waals surface area contributed by atoms with Crippen LogP contribution in [0, 0.1) is 19.8 Å². The number of likely N-dealkylation sites (N-methyl/N-ethyl adjacent to an activating group) is 1. The number of aromatic nitrogens is 2. The molecule has 2 rings (SSSR count). The smallest absolute Gasteiger partial charge is 0.328 e. The third kappa shape index (κ3) is 2.56. The van der Waals surface area contributed by atoms with Gasteiger partial charge in [-0.2, -0.15) is 5.10 Å². The van der Waals surface area contributed by atoms with Gasteiger partial charge in [0.25, 0.3) is 0 Å². The number of nitrogens with zero attached hydrogens (tertiary/aromatic N) is 2. The van der Waals surface area contributed by atoms with Crippen molar-refractivity contribution < 1.29 is 9.53 Å². The van der Waals surface area contributed by atoms with Crippen LogP contribution in [0.4, 0.5) is 0 Å². The first-order valence-corrected chi connectivity index (χ1v) is 7.37. The standard InChI is InChI=1S/C14H22ClN3O2/c1-5-16-14(11-6-7-11,13(19)20-4)8-18-10(3)12(15)9(2)17-18/h11,16H,5-8H2,1-4H3. The van der Waals surface area contributed by atoms with Crippen molar-refractivity contribution in [3.8, 4) is 0 Å². The Balaban J connectivity index is 2.36. The van der Waals surface area contributed by atoms with Gasteiger partial charge < -0.3 is 10.1 Å². The molecule has 1 heterocycles. The van der Waals surface area contributed by atoms with E-state index in [0.717, 1.165) is 24.2 Å². The lowest BCUT2D eigenvalue weighted by Gasteiger charge is -2.32. The van der Waals surface area contributed by atoms with Crippen LogP contribution < -0.4 is 5.32 Å². The summed E-state index contributed by atoms with van der Waals surface area (Å²) in [6.07, 6.45) is 2.07. The second-order valence-electron chi connectivity index (χ2n) is 5.41. The molecule has 5 nitrogen and oxygen atoms in total. The average molecular weight is 300 g/mol. The van der Waals surface area contributed by atoms with Crippen LogP contribution in [-0.4, -0.2) is 34.9 Å². The number of carbonyl (C=O) groups excluding carboxylic acids is 1. The summed E-state index contributed by atoms with van der Waals surface area (Å²) < 4.78 is 6.86. The molecule has 1 saturated carbocycles. The number of ether oxygens (including phenoxy) is 1. The minimum atomic E-state index is -0.698. The summed E-state index contributed by atoms with van der Waals surface area (Å²) in [7, 11) is 1.44. The fourth-order valence-electron chi connectivity index (χ4n) is 2.77. The number of nitrogens with one attached hydrogen (secondary N) is 1. The zero-order chi connectivity index (χ0) is 14.9. The van der Waals surface area contributed by atoms with Crippen molar-refractivity contribution in [1.29, 1.82) is 0 Å². The van der Waals surface area contributed by atoms with Gasteiger partial charge in [0.1, 0.15) is 5.54 Å². The second-order valence-corrected chi connectivity index (χ2v) is 5.79. The Morgan fingerprint density at radius 3 is 2.60 bits per heavy atom. The van der Waals surface area contributed by atoms with Gasteiger partial charge in [-0.05, 0) is 39.2 Å². The van der Waals surface area contributed by atoms with E-state index in [1.54, 1.807) is 0 Å². The fraction of sp³-hybridized carbons (Fsp3) is 0.714. The molecule has 112 valence electrons. The Bertz CT molecular complexity index is 511. The largest absolute Gasteiger partial charge is 0.468 e. The van der Waals surface area contributed by atoms with Crippen molar-refractivity contribution in [3.63, 3.8) is 0 Å². The summed E-state index contributed by atoms with van der Waals surface area (Å²) in [5.74, 6) is 0.0862. The molecule has 1 aromatic heterocycles. The Morgan fingerprint density at radius 2 is 2.20 bits per heavy atom. The number of hydrogen-bond acceptors (Lipinski definition) is 4. The molecule has 0 aromatic carbocycles. The molecule has 1 aliphatic rings. The van der Waals surface area contributed by atoms with Gasteiger partial charge in [-0.15, -0.1) is 0 Å². The average Bonchev–Trinajstić information content (AvgIpc) is 3.24.